The van der Waals surface area contributed by atoms with Crippen LogP contribution in [0.5, 0.6) is 0 Å². The highest BCUT2D eigenvalue weighted by Gasteiger charge is 2.33. The minimum Gasteiger partial charge on any atom is -0.498 e. The van der Waals surface area contributed by atoms with E-state index in [9.17, 15) is 14.4 Å². The van der Waals surface area contributed by atoms with Crippen LogP contribution in [-0.4, -0.2) is 49.9 Å². The normalized spacial score (nSPS) is 16.9. The van der Waals surface area contributed by atoms with Gasteiger partial charge < -0.3 is 9.31 Å². The number of allylic oxidation sites excluding steroid dienone is 1. The first kappa shape index (κ1) is 16.0. The Hall–Kier alpha value is -2.41. The van der Waals surface area contributed by atoms with Crippen molar-refractivity contribution in [1.29, 1.82) is 0 Å². The lowest BCUT2D eigenvalue weighted by atomic mass is 9.81. The highest BCUT2D eigenvalue weighted by atomic mass is 16.6. The molecule has 1 aliphatic rings. The fourth-order valence-corrected chi connectivity index (χ4v) is 1.96. The summed E-state index contributed by atoms with van der Waals surface area (Å²) >= 11 is 0. The van der Waals surface area contributed by atoms with Gasteiger partial charge in [0.1, 0.15) is 0 Å². The number of carbonyl (C=O) groups excluding carboxylic acids is 3. The number of rotatable bonds is 4. The number of hydrogen-bond donors (Lipinski definition) is 0. The third kappa shape index (κ3) is 5.18. The van der Waals surface area contributed by atoms with E-state index < -0.39 is 19.1 Å². The van der Waals surface area contributed by atoms with Crippen molar-refractivity contribution in [3.05, 3.63) is 42.0 Å². The quantitative estimate of drug-likeness (QED) is 0.605. The molecular weight excluding hydrogens is 285 g/mol. The minimum atomic E-state index is -1.17. The van der Waals surface area contributed by atoms with Crippen LogP contribution in [0.1, 0.15) is 5.56 Å². The predicted octanol–water partition coefficient (Wildman–Crippen LogP) is 0.789. The second-order valence-electron chi connectivity index (χ2n) is 5.00. The molecule has 0 aliphatic carbocycles. The molecule has 0 unspecified atom stereocenters. The summed E-state index contributed by atoms with van der Waals surface area (Å²) in [4.78, 5) is 36.4. The van der Waals surface area contributed by atoms with Crippen molar-refractivity contribution in [2.45, 2.75) is 6.32 Å². The topological polar surface area (TPSA) is 72.9 Å². The van der Waals surface area contributed by atoms with Gasteiger partial charge in [0.05, 0.1) is 19.4 Å². The van der Waals surface area contributed by atoms with Crippen molar-refractivity contribution in [3.63, 3.8) is 0 Å². The van der Waals surface area contributed by atoms with Crippen LogP contribution in [0.2, 0.25) is 6.32 Å². The van der Waals surface area contributed by atoms with Gasteiger partial charge in [0.15, 0.2) is 5.78 Å². The maximum absolute atomic E-state index is 11.9. The summed E-state index contributed by atoms with van der Waals surface area (Å²) in [5, 5.41) is 0. The number of hydrogen-bond acceptors (Lipinski definition) is 6. The summed E-state index contributed by atoms with van der Waals surface area (Å²) in [5.41, 5.74) is 0.879. The number of ketones is 1. The van der Waals surface area contributed by atoms with Gasteiger partial charge in [0.25, 0.3) is 0 Å². The van der Waals surface area contributed by atoms with Crippen LogP contribution in [0.4, 0.5) is 0 Å². The first-order valence-corrected chi connectivity index (χ1v) is 6.86. The summed E-state index contributed by atoms with van der Waals surface area (Å²) in [6, 6.07) is 9.31. The van der Waals surface area contributed by atoms with Crippen molar-refractivity contribution < 1.29 is 23.7 Å². The van der Waals surface area contributed by atoms with Crippen molar-refractivity contribution in [3.8, 4) is 0 Å². The number of nitrogens with zero attached hydrogens (tertiary/aromatic N) is 1. The Morgan fingerprint density at radius 3 is 2.36 bits per heavy atom. The zero-order valence-corrected chi connectivity index (χ0v) is 12.2. The molecule has 7 heteroatoms. The summed E-state index contributed by atoms with van der Waals surface area (Å²) in [7, 11) is 0.443. The van der Waals surface area contributed by atoms with E-state index in [1.165, 1.54) is 11.0 Å². The van der Waals surface area contributed by atoms with Gasteiger partial charge >= 0.3 is 19.1 Å². The van der Waals surface area contributed by atoms with Gasteiger partial charge in [-0.15, -0.1) is 0 Å². The van der Waals surface area contributed by atoms with Crippen LogP contribution in [-0.2, 0) is 23.7 Å². The van der Waals surface area contributed by atoms with Crippen molar-refractivity contribution in [2.75, 3.05) is 20.1 Å². The average Bonchev–Trinajstić information content (AvgIpc) is 2.44. The Morgan fingerprint density at radius 1 is 1.18 bits per heavy atom. The number of carbonyl (C=O) groups is 3. The maximum atomic E-state index is 11.9. The molecule has 1 fully saturated rings. The molecule has 0 radical (unpaired) electrons. The van der Waals surface area contributed by atoms with Crippen LogP contribution >= 0.6 is 0 Å². The van der Waals surface area contributed by atoms with Crippen molar-refractivity contribution in [1.82, 2.24) is 4.90 Å². The lowest BCUT2D eigenvalue weighted by molar-refractivity contribution is -0.145. The summed E-state index contributed by atoms with van der Waals surface area (Å²) in [5.74, 6) is -1.34. The Bertz CT molecular complexity index is 567. The zero-order chi connectivity index (χ0) is 15.9. The highest BCUT2D eigenvalue weighted by Crippen LogP contribution is 2.07. The molecule has 1 aromatic carbocycles. The summed E-state index contributed by atoms with van der Waals surface area (Å²) < 4.78 is 9.95. The fraction of sp³-hybridized carbons (Fsp3) is 0.267. The molecule has 1 heterocycles. The first-order valence-electron chi connectivity index (χ1n) is 6.86. The standard InChI is InChI=1S/C15H16BNO5/c1-17-10-14(19)21-16(22-15(20)11-17)9-13(18)8-7-12-5-3-2-4-6-12/h2-8H,9-11H2,1H3/b8-7+. The largest absolute Gasteiger partial charge is 0.606 e. The molecule has 0 atom stereocenters. The number of benzene rings is 1. The Morgan fingerprint density at radius 2 is 1.77 bits per heavy atom. The van der Waals surface area contributed by atoms with E-state index in [1.54, 1.807) is 13.1 Å². The van der Waals surface area contributed by atoms with Crippen LogP contribution in [0, 0.1) is 0 Å². The van der Waals surface area contributed by atoms with Crippen LogP contribution in [0.15, 0.2) is 36.4 Å². The van der Waals surface area contributed by atoms with Gasteiger partial charge in [-0.2, -0.15) is 0 Å². The van der Waals surface area contributed by atoms with Crippen molar-refractivity contribution >= 4 is 30.9 Å². The van der Waals surface area contributed by atoms with Gasteiger partial charge in [-0.05, 0) is 18.7 Å². The SMILES string of the molecule is CN1CC(=O)OB(CC(=O)/C=C/c2ccccc2)OC(=O)C1. The predicted molar refractivity (Wildman–Crippen MR) is 80.7 cm³/mol. The molecule has 1 saturated heterocycles. The minimum absolute atomic E-state index is 0.0142. The van der Waals surface area contributed by atoms with Crippen LogP contribution in [0.3, 0.4) is 0 Å². The van der Waals surface area contributed by atoms with Gasteiger partial charge in [0.2, 0.25) is 0 Å². The van der Waals surface area contributed by atoms with E-state index in [2.05, 4.69) is 0 Å². The molecule has 0 spiro atoms. The Labute approximate surface area is 128 Å². The van der Waals surface area contributed by atoms with Crippen LogP contribution < -0.4 is 0 Å². The van der Waals surface area contributed by atoms with E-state index >= 15 is 0 Å². The van der Waals surface area contributed by atoms with Gasteiger partial charge in [-0.25, -0.2) is 0 Å². The molecule has 0 N–H and O–H groups in total. The second kappa shape index (κ2) is 7.56. The molecule has 1 aromatic rings. The molecule has 0 amide bonds. The lowest BCUT2D eigenvalue weighted by Gasteiger charge is -2.22. The molecule has 0 saturated carbocycles. The third-order valence-electron chi connectivity index (χ3n) is 2.95. The Balaban J connectivity index is 1.93. The molecule has 2 rings (SSSR count). The zero-order valence-electron chi connectivity index (χ0n) is 12.2. The highest BCUT2D eigenvalue weighted by molar-refractivity contribution is 6.54. The molecule has 0 bridgehead atoms. The van der Waals surface area contributed by atoms with E-state index in [0.29, 0.717) is 0 Å². The molecule has 1 aliphatic heterocycles. The van der Waals surface area contributed by atoms with Gasteiger partial charge in [0, 0.05) is 0 Å². The monoisotopic (exact) mass is 301 g/mol. The first-order chi connectivity index (χ1) is 10.5. The van der Waals surface area contributed by atoms with E-state index in [-0.39, 0.29) is 25.2 Å². The molecule has 22 heavy (non-hydrogen) atoms. The van der Waals surface area contributed by atoms with E-state index in [4.69, 9.17) is 9.31 Å². The second-order valence-corrected chi connectivity index (χ2v) is 5.00. The molecular formula is C15H16BNO5. The van der Waals surface area contributed by atoms with Gasteiger partial charge in [-0.3, -0.25) is 19.3 Å². The smallest absolute Gasteiger partial charge is 0.498 e. The maximum Gasteiger partial charge on any atom is 0.606 e. The molecule has 0 aromatic heterocycles. The van der Waals surface area contributed by atoms with E-state index in [0.717, 1.165) is 5.56 Å². The average molecular weight is 301 g/mol. The van der Waals surface area contributed by atoms with Gasteiger partial charge in [-0.1, -0.05) is 36.4 Å². The van der Waals surface area contributed by atoms with Crippen molar-refractivity contribution in [2.24, 2.45) is 0 Å². The number of likely N-dealkylation sites (N-methyl/N-ethyl adjacent to an activating group) is 1. The lowest BCUT2D eigenvalue weighted by Crippen LogP contribution is -2.43. The fourth-order valence-electron chi connectivity index (χ4n) is 1.96. The summed E-state index contributed by atoms with van der Waals surface area (Å²) in [6.07, 6.45) is 2.84. The third-order valence-corrected chi connectivity index (χ3v) is 2.95. The van der Waals surface area contributed by atoms with Crippen LogP contribution in [0.25, 0.3) is 6.08 Å². The summed E-state index contributed by atoms with van der Waals surface area (Å²) in [6.45, 7) is -0.0285. The molecule has 6 nitrogen and oxygen atoms in total. The van der Waals surface area contributed by atoms with E-state index in [1.807, 2.05) is 30.3 Å². The molecule has 114 valence electrons. The Kier molecular flexibility index (Phi) is 5.49.